The van der Waals surface area contributed by atoms with E-state index in [1.54, 1.807) is 0 Å². The van der Waals surface area contributed by atoms with Crippen molar-refractivity contribution >= 4 is 39.5 Å². The van der Waals surface area contributed by atoms with E-state index >= 15 is 0 Å². The molecule has 17 nitrogen and oxygen atoms in total. The van der Waals surface area contributed by atoms with Gasteiger partial charge < -0.3 is 33.8 Å². The number of aliphatic hydroxyl groups is 1. The number of esters is 4. The zero-order valence-electron chi connectivity index (χ0n) is 67.8. The van der Waals surface area contributed by atoms with E-state index in [0.29, 0.717) is 25.7 Å². The van der Waals surface area contributed by atoms with Gasteiger partial charge >= 0.3 is 39.5 Å². The van der Waals surface area contributed by atoms with Crippen molar-refractivity contribution in [3.05, 3.63) is 0 Å². The van der Waals surface area contributed by atoms with Crippen LogP contribution in [0, 0.1) is 17.8 Å². The van der Waals surface area contributed by atoms with Crippen molar-refractivity contribution in [1.29, 1.82) is 0 Å². The number of carbonyl (C=O) groups is 4. The molecule has 3 N–H and O–H groups in total. The van der Waals surface area contributed by atoms with Crippen molar-refractivity contribution in [3.63, 3.8) is 0 Å². The molecule has 0 aromatic rings. The lowest BCUT2D eigenvalue weighted by molar-refractivity contribution is -0.161. The van der Waals surface area contributed by atoms with Crippen molar-refractivity contribution in [2.75, 3.05) is 39.6 Å². The Morgan fingerprint density at radius 2 is 0.447 bits per heavy atom. The van der Waals surface area contributed by atoms with Gasteiger partial charge in [-0.2, -0.15) is 0 Å². The Morgan fingerprint density at radius 1 is 0.262 bits per heavy atom. The molecule has 0 radical (unpaired) electrons. The van der Waals surface area contributed by atoms with Crippen molar-refractivity contribution in [3.8, 4) is 0 Å². The van der Waals surface area contributed by atoms with Crippen molar-refractivity contribution in [2.45, 2.75) is 458 Å². The Labute approximate surface area is 632 Å². The standard InChI is InChI=1S/C84H164O17P2/c1-8-9-10-11-12-13-14-15-16-17-18-19-23-26-29-37-44-51-58-65-81(86)94-71-79(100-83(88)67-60-53-46-38-30-27-24-21-20-22-25-28-34-41-48-55-62-75(2)3)73-98-102(90,91)96-69-78(85)70-97-103(92,93)99-74-80(72-95-82(87)66-59-52-45-40-33-36-43-50-57-64-77(6)7)101-84(89)68-61-54-47-39-32-31-35-42-49-56-63-76(4)5/h75-80,85H,8-74H2,1-7H3,(H,90,91)(H,92,93)/t78-,79-,80-/m1/s1. The van der Waals surface area contributed by atoms with E-state index in [4.69, 9.17) is 37.0 Å². The smallest absolute Gasteiger partial charge is 0.462 e. The number of unbranched alkanes of at least 4 members (excludes halogenated alkanes) is 50. The summed E-state index contributed by atoms with van der Waals surface area (Å²) in [6.45, 7) is 12.0. The molecule has 0 amide bonds. The summed E-state index contributed by atoms with van der Waals surface area (Å²) in [6, 6.07) is 0. The molecule has 0 saturated carbocycles. The van der Waals surface area contributed by atoms with Crippen LogP contribution in [-0.4, -0.2) is 96.7 Å². The first-order valence-electron chi connectivity index (χ1n) is 43.3. The Morgan fingerprint density at radius 3 is 0.660 bits per heavy atom. The number of carbonyl (C=O) groups excluding carboxylic acids is 4. The number of aliphatic hydroxyl groups excluding tert-OH is 1. The van der Waals surface area contributed by atoms with Crippen LogP contribution in [0.5, 0.6) is 0 Å². The quantitative estimate of drug-likeness (QED) is 0.0222. The molecule has 0 aromatic carbocycles. The van der Waals surface area contributed by atoms with Gasteiger partial charge in [0.1, 0.15) is 19.3 Å². The number of hydrogen-bond acceptors (Lipinski definition) is 15. The Bertz CT molecular complexity index is 1990. The largest absolute Gasteiger partial charge is 0.472 e. The molecule has 0 fully saturated rings. The van der Waals surface area contributed by atoms with Crippen LogP contribution in [0.15, 0.2) is 0 Å². The van der Waals surface area contributed by atoms with Gasteiger partial charge in [-0.1, -0.05) is 389 Å². The molecule has 2 unspecified atom stereocenters. The molecule has 103 heavy (non-hydrogen) atoms. The van der Waals surface area contributed by atoms with Gasteiger partial charge in [-0.05, 0) is 43.4 Å². The third kappa shape index (κ3) is 78.0. The fraction of sp³-hybridized carbons (Fsp3) is 0.952. The molecule has 0 aliphatic rings. The van der Waals surface area contributed by atoms with Gasteiger partial charge in [-0.3, -0.25) is 37.3 Å². The van der Waals surface area contributed by atoms with Gasteiger partial charge in [0.05, 0.1) is 26.4 Å². The van der Waals surface area contributed by atoms with Crippen molar-refractivity contribution < 1.29 is 80.2 Å². The number of hydrogen-bond donors (Lipinski definition) is 3. The van der Waals surface area contributed by atoms with Crippen LogP contribution in [0.25, 0.3) is 0 Å². The second-order valence-corrected chi connectivity index (χ2v) is 34.6. The van der Waals surface area contributed by atoms with Crippen molar-refractivity contribution in [1.82, 2.24) is 0 Å². The van der Waals surface area contributed by atoms with Gasteiger partial charge in [0, 0.05) is 25.7 Å². The normalized spacial score (nSPS) is 13.9. The van der Waals surface area contributed by atoms with Crippen LogP contribution in [-0.2, 0) is 65.4 Å². The zero-order valence-corrected chi connectivity index (χ0v) is 69.6. The van der Waals surface area contributed by atoms with E-state index < -0.39 is 97.5 Å². The second-order valence-electron chi connectivity index (χ2n) is 31.6. The summed E-state index contributed by atoms with van der Waals surface area (Å²) in [5, 5.41) is 10.7. The molecule has 0 rings (SSSR count). The molecule has 0 bridgehead atoms. The molecular formula is C84H164O17P2. The molecule has 19 heteroatoms. The third-order valence-electron chi connectivity index (χ3n) is 19.6. The summed E-state index contributed by atoms with van der Waals surface area (Å²) >= 11 is 0. The van der Waals surface area contributed by atoms with E-state index in [9.17, 15) is 43.2 Å². The highest BCUT2D eigenvalue weighted by atomic mass is 31.2. The maximum Gasteiger partial charge on any atom is 0.472 e. The molecule has 5 atom stereocenters. The van der Waals surface area contributed by atoms with Crippen LogP contribution >= 0.6 is 15.6 Å². The van der Waals surface area contributed by atoms with Crippen LogP contribution in [0.2, 0.25) is 0 Å². The maximum atomic E-state index is 13.1. The predicted molar refractivity (Wildman–Crippen MR) is 423 cm³/mol. The van der Waals surface area contributed by atoms with Crippen LogP contribution in [0.4, 0.5) is 0 Å². The lowest BCUT2D eigenvalue weighted by Gasteiger charge is -2.21. The summed E-state index contributed by atoms with van der Waals surface area (Å²) in [6.07, 6.45) is 63.9. The van der Waals surface area contributed by atoms with Crippen LogP contribution < -0.4 is 0 Å². The monoisotopic (exact) mass is 1510 g/mol. The van der Waals surface area contributed by atoms with E-state index in [-0.39, 0.29) is 25.7 Å². The third-order valence-corrected chi connectivity index (χ3v) is 21.5. The lowest BCUT2D eigenvalue weighted by Crippen LogP contribution is -2.30. The van der Waals surface area contributed by atoms with Gasteiger partial charge in [0.15, 0.2) is 12.2 Å². The average molecular weight is 1510 g/mol. The summed E-state index contributed by atoms with van der Waals surface area (Å²) in [5.74, 6) is 0.197. The molecule has 0 aromatic heterocycles. The second kappa shape index (κ2) is 74.2. The highest BCUT2D eigenvalue weighted by Crippen LogP contribution is 2.45. The summed E-state index contributed by atoms with van der Waals surface area (Å²) < 4.78 is 68.8. The zero-order chi connectivity index (χ0) is 75.8. The van der Waals surface area contributed by atoms with E-state index in [0.717, 1.165) is 108 Å². The predicted octanol–water partition coefficient (Wildman–Crippen LogP) is 25.3. The van der Waals surface area contributed by atoms with Crippen molar-refractivity contribution in [2.24, 2.45) is 17.8 Å². The molecule has 0 aliphatic carbocycles. The van der Waals surface area contributed by atoms with Crippen LogP contribution in [0.1, 0.15) is 440 Å². The lowest BCUT2D eigenvalue weighted by atomic mass is 10.0. The van der Waals surface area contributed by atoms with Gasteiger partial charge in [-0.25, -0.2) is 9.13 Å². The minimum absolute atomic E-state index is 0.106. The highest BCUT2D eigenvalue weighted by Gasteiger charge is 2.30. The first-order chi connectivity index (χ1) is 49.7. The minimum Gasteiger partial charge on any atom is -0.462 e. The molecule has 0 spiro atoms. The summed E-state index contributed by atoms with van der Waals surface area (Å²) in [5.41, 5.74) is 0. The molecule has 612 valence electrons. The number of rotatable bonds is 82. The van der Waals surface area contributed by atoms with E-state index in [1.807, 2.05) is 0 Å². The molecular weight excluding hydrogens is 1340 g/mol. The van der Waals surface area contributed by atoms with Gasteiger partial charge in [0.25, 0.3) is 0 Å². The maximum absolute atomic E-state index is 13.1. The number of phosphoric acid groups is 2. The molecule has 0 aliphatic heterocycles. The van der Waals surface area contributed by atoms with E-state index in [2.05, 4.69) is 48.5 Å². The highest BCUT2D eigenvalue weighted by molar-refractivity contribution is 7.47. The first-order valence-corrected chi connectivity index (χ1v) is 46.3. The number of phosphoric ester groups is 2. The van der Waals surface area contributed by atoms with Gasteiger partial charge in [0.2, 0.25) is 0 Å². The molecule has 0 saturated heterocycles. The minimum atomic E-state index is -4.97. The van der Waals surface area contributed by atoms with Crippen LogP contribution in [0.3, 0.4) is 0 Å². The first kappa shape index (κ1) is 101. The summed E-state index contributed by atoms with van der Waals surface area (Å²) in [4.78, 5) is 73.2. The van der Waals surface area contributed by atoms with E-state index in [1.165, 1.54) is 250 Å². The Kier molecular flexibility index (Phi) is 72.8. The fourth-order valence-corrected chi connectivity index (χ4v) is 14.6. The fourth-order valence-electron chi connectivity index (χ4n) is 13.0. The average Bonchev–Trinajstić information content (AvgIpc) is 0.907. The Hall–Kier alpha value is -1.94. The van der Waals surface area contributed by atoms with Gasteiger partial charge in [-0.15, -0.1) is 0 Å². The Balaban J connectivity index is 5.25. The number of ether oxygens (including phenoxy) is 4. The molecule has 0 heterocycles. The topological polar surface area (TPSA) is 237 Å². The SMILES string of the molecule is CCCCCCCCCCCCCCCCCCCCCC(=O)OC[C@H](COP(=O)(O)OC[C@@H](O)COP(=O)(O)OC[C@@H](COC(=O)CCCCCCCCCCCC(C)C)OC(=O)CCCCCCCCCCCCC(C)C)OC(=O)CCCCCCCCCCCCCCCCCCC(C)C. The summed E-state index contributed by atoms with van der Waals surface area (Å²) in [7, 11) is -9.93.